The van der Waals surface area contributed by atoms with Crippen molar-refractivity contribution in [2.45, 2.75) is 6.04 Å². The van der Waals surface area contributed by atoms with Crippen LogP contribution < -0.4 is 10.6 Å². The standard InChI is InChI=1S/C8H11ClN4/c9-8-5-11-4-7(13-8)6-3-10-1-2-12-6/h4-6,10,12H,1-3H2. The summed E-state index contributed by atoms with van der Waals surface area (Å²) in [5, 5.41) is 7.07. The fraction of sp³-hybridized carbons (Fsp3) is 0.500. The molecular formula is C8H11ClN4. The van der Waals surface area contributed by atoms with Crippen LogP contribution in [0.5, 0.6) is 0 Å². The predicted molar refractivity (Wildman–Crippen MR) is 50.7 cm³/mol. The van der Waals surface area contributed by atoms with Crippen LogP contribution in [-0.4, -0.2) is 29.6 Å². The maximum Gasteiger partial charge on any atom is 0.147 e. The summed E-state index contributed by atoms with van der Waals surface area (Å²) in [4.78, 5) is 8.19. The first-order chi connectivity index (χ1) is 6.36. The minimum Gasteiger partial charge on any atom is -0.314 e. The molecule has 0 saturated carbocycles. The Morgan fingerprint density at radius 1 is 1.38 bits per heavy atom. The third-order valence-electron chi connectivity index (χ3n) is 2.02. The molecule has 0 bridgehead atoms. The summed E-state index contributed by atoms with van der Waals surface area (Å²) >= 11 is 5.74. The van der Waals surface area contributed by atoms with Gasteiger partial charge in [0, 0.05) is 19.6 Å². The molecule has 0 aromatic carbocycles. The Bertz CT molecular complexity index is 285. The Morgan fingerprint density at radius 3 is 3.00 bits per heavy atom. The SMILES string of the molecule is Clc1cncc(C2CNCCN2)n1. The molecule has 1 aromatic rings. The van der Waals surface area contributed by atoms with Gasteiger partial charge in [0.25, 0.3) is 0 Å². The Morgan fingerprint density at radius 2 is 2.31 bits per heavy atom. The molecule has 2 rings (SSSR count). The molecule has 1 aliphatic heterocycles. The molecule has 1 atom stereocenters. The number of rotatable bonds is 1. The van der Waals surface area contributed by atoms with Crippen LogP contribution in [0.3, 0.4) is 0 Å². The molecule has 0 aliphatic carbocycles. The molecule has 1 fully saturated rings. The fourth-order valence-corrected chi connectivity index (χ4v) is 1.54. The van der Waals surface area contributed by atoms with E-state index in [1.807, 2.05) is 0 Å². The molecule has 2 heterocycles. The Hall–Kier alpha value is -0.710. The van der Waals surface area contributed by atoms with Crippen LogP contribution in [0.1, 0.15) is 11.7 Å². The lowest BCUT2D eigenvalue weighted by atomic mass is 10.2. The number of aromatic nitrogens is 2. The van der Waals surface area contributed by atoms with Crippen molar-refractivity contribution >= 4 is 11.6 Å². The van der Waals surface area contributed by atoms with Crippen LogP contribution in [-0.2, 0) is 0 Å². The molecule has 13 heavy (non-hydrogen) atoms. The van der Waals surface area contributed by atoms with Gasteiger partial charge in [-0.3, -0.25) is 4.98 Å². The molecule has 1 unspecified atom stereocenters. The van der Waals surface area contributed by atoms with E-state index in [0.717, 1.165) is 25.3 Å². The smallest absolute Gasteiger partial charge is 0.147 e. The average molecular weight is 199 g/mol. The van der Waals surface area contributed by atoms with Crippen molar-refractivity contribution in [1.82, 2.24) is 20.6 Å². The number of halogens is 1. The van der Waals surface area contributed by atoms with Gasteiger partial charge in [0.1, 0.15) is 5.15 Å². The zero-order valence-electron chi connectivity index (χ0n) is 7.13. The molecule has 5 heteroatoms. The maximum absolute atomic E-state index is 5.74. The zero-order valence-corrected chi connectivity index (χ0v) is 7.88. The normalized spacial score (nSPS) is 23.0. The van der Waals surface area contributed by atoms with E-state index < -0.39 is 0 Å². The minimum absolute atomic E-state index is 0.236. The van der Waals surface area contributed by atoms with E-state index >= 15 is 0 Å². The molecular weight excluding hydrogens is 188 g/mol. The van der Waals surface area contributed by atoms with Crippen molar-refractivity contribution in [3.05, 3.63) is 23.2 Å². The summed E-state index contributed by atoms with van der Waals surface area (Å²) in [6, 6.07) is 0.236. The molecule has 0 amide bonds. The molecule has 1 aromatic heterocycles. The lowest BCUT2D eigenvalue weighted by Gasteiger charge is -2.23. The molecule has 1 saturated heterocycles. The van der Waals surface area contributed by atoms with E-state index in [1.165, 1.54) is 0 Å². The van der Waals surface area contributed by atoms with Gasteiger partial charge in [-0.1, -0.05) is 11.6 Å². The van der Waals surface area contributed by atoms with Gasteiger partial charge in [-0.2, -0.15) is 0 Å². The predicted octanol–water partition coefficient (Wildman–Crippen LogP) is 0.364. The van der Waals surface area contributed by atoms with E-state index in [4.69, 9.17) is 11.6 Å². The van der Waals surface area contributed by atoms with Crippen LogP contribution in [0.15, 0.2) is 12.4 Å². The van der Waals surface area contributed by atoms with Crippen LogP contribution in [0.4, 0.5) is 0 Å². The first kappa shape index (κ1) is 8.87. The van der Waals surface area contributed by atoms with E-state index in [0.29, 0.717) is 5.15 Å². The zero-order chi connectivity index (χ0) is 9.10. The van der Waals surface area contributed by atoms with Crippen molar-refractivity contribution in [2.75, 3.05) is 19.6 Å². The molecule has 2 N–H and O–H groups in total. The first-order valence-electron chi connectivity index (χ1n) is 4.28. The van der Waals surface area contributed by atoms with Crippen LogP contribution in [0.2, 0.25) is 5.15 Å². The van der Waals surface area contributed by atoms with Crippen LogP contribution in [0, 0.1) is 0 Å². The number of hydrogen-bond donors (Lipinski definition) is 2. The topological polar surface area (TPSA) is 49.8 Å². The fourth-order valence-electron chi connectivity index (χ4n) is 1.39. The van der Waals surface area contributed by atoms with Gasteiger partial charge in [-0.05, 0) is 0 Å². The van der Waals surface area contributed by atoms with Crippen molar-refractivity contribution in [1.29, 1.82) is 0 Å². The van der Waals surface area contributed by atoms with Gasteiger partial charge in [-0.15, -0.1) is 0 Å². The third kappa shape index (κ3) is 2.15. The van der Waals surface area contributed by atoms with Crippen molar-refractivity contribution in [3.63, 3.8) is 0 Å². The summed E-state index contributed by atoms with van der Waals surface area (Å²) in [5.74, 6) is 0. The van der Waals surface area contributed by atoms with Crippen molar-refractivity contribution < 1.29 is 0 Å². The number of piperazine rings is 1. The quantitative estimate of drug-likeness (QED) is 0.685. The summed E-state index contributed by atoms with van der Waals surface area (Å²) in [7, 11) is 0. The lowest BCUT2D eigenvalue weighted by Crippen LogP contribution is -2.43. The molecule has 1 aliphatic rings. The summed E-state index contributed by atoms with van der Waals surface area (Å²) in [6.07, 6.45) is 3.29. The average Bonchev–Trinajstić information content (AvgIpc) is 2.19. The van der Waals surface area contributed by atoms with Gasteiger partial charge < -0.3 is 10.6 Å². The monoisotopic (exact) mass is 198 g/mol. The highest BCUT2D eigenvalue weighted by Gasteiger charge is 2.15. The van der Waals surface area contributed by atoms with E-state index in [2.05, 4.69) is 20.6 Å². The van der Waals surface area contributed by atoms with E-state index in [9.17, 15) is 0 Å². The second-order valence-electron chi connectivity index (χ2n) is 2.98. The number of nitrogens with one attached hydrogen (secondary N) is 2. The summed E-state index contributed by atoms with van der Waals surface area (Å²) in [6.45, 7) is 2.85. The highest BCUT2D eigenvalue weighted by Crippen LogP contribution is 2.11. The van der Waals surface area contributed by atoms with Crippen LogP contribution >= 0.6 is 11.6 Å². The molecule has 4 nitrogen and oxygen atoms in total. The van der Waals surface area contributed by atoms with E-state index in [-0.39, 0.29) is 6.04 Å². The Kier molecular flexibility index (Phi) is 2.73. The molecule has 0 radical (unpaired) electrons. The second-order valence-corrected chi connectivity index (χ2v) is 3.36. The number of nitrogens with zero attached hydrogens (tertiary/aromatic N) is 2. The van der Waals surface area contributed by atoms with Crippen molar-refractivity contribution in [2.24, 2.45) is 0 Å². The van der Waals surface area contributed by atoms with Gasteiger partial charge in [-0.25, -0.2) is 4.98 Å². The second kappa shape index (κ2) is 4.00. The molecule has 70 valence electrons. The first-order valence-corrected chi connectivity index (χ1v) is 4.65. The minimum atomic E-state index is 0.236. The Labute approximate surface area is 81.7 Å². The number of hydrogen-bond acceptors (Lipinski definition) is 4. The van der Waals surface area contributed by atoms with Gasteiger partial charge in [0.15, 0.2) is 0 Å². The van der Waals surface area contributed by atoms with Crippen LogP contribution in [0.25, 0.3) is 0 Å². The third-order valence-corrected chi connectivity index (χ3v) is 2.20. The maximum atomic E-state index is 5.74. The largest absolute Gasteiger partial charge is 0.314 e. The lowest BCUT2D eigenvalue weighted by molar-refractivity contribution is 0.422. The highest BCUT2D eigenvalue weighted by atomic mass is 35.5. The molecule has 0 spiro atoms. The van der Waals surface area contributed by atoms with Gasteiger partial charge in [0.2, 0.25) is 0 Å². The van der Waals surface area contributed by atoms with E-state index in [1.54, 1.807) is 12.4 Å². The van der Waals surface area contributed by atoms with Gasteiger partial charge >= 0.3 is 0 Å². The highest BCUT2D eigenvalue weighted by molar-refractivity contribution is 6.29. The Balaban J connectivity index is 2.14. The van der Waals surface area contributed by atoms with Gasteiger partial charge in [0.05, 0.1) is 24.1 Å². The summed E-state index contributed by atoms with van der Waals surface area (Å²) in [5.41, 5.74) is 0.903. The van der Waals surface area contributed by atoms with Crippen molar-refractivity contribution in [3.8, 4) is 0 Å². The summed E-state index contributed by atoms with van der Waals surface area (Å²) < 4.78 is 0.